The number of hydrogen-bond donors (Lipinski definition) is 2. The molecule has 0 aliphatic carbocycles. The summed E-state index contributed by atoms with van der Waals surface area (Å²) in [5.41, 5.74) is 0.739. The van der Waals surface area contributed by atoms with Gasteiger partial charge >= 0.3 is 5.97 Å². The van der Waals surface area contributed by atoms with E-state index in [9.17, 15) is 15.0 Å². The normalized spacial score (nSPS) is 13.8. The van der Waals surface area contributed by atoms with Crippen LogP contribution < -0.4 is 0 Å². The molecule has 1 atom stereocenters. The summed E-state index contributed by atoms with van der Waals surface area (Å²) in [5, 5.41) is 20.7. The monoisotopic (exact) mass is 332 g/mol. The first-order chi connectivity index (χ1) is 11.5. The molecule has 0 spiro atoms. The van der Waals surface area contributed by atoms with Crippen LogP contribution in [0.25, 0.3) is 6.08 Å². The molecule has 0 bridgehead atoms. The van der Waals surface area contributed by atoms with E-state index >= 15 is 0 Å². The van der Waals surface area contributed by atoms with E-state index in [0.29, 0.717) is 12.8 Å². The molecule has 0 fully saturated rings. The van der Waals surface area contributed by atoms with E-state index < -0.39 is 17.5 Å². The average Bonchev–Trinajstić information content (AvgIpc) is 2.59. The first-order valence-electron chi connectivity index (χ1n) is 9.18. The predicted molar refractivity (Wildman–Crippen MR) is 99.8 cm³/mol. The summed E-state index contributed by atoms with van der Waals surface area (Å²) >= 11 is 0. The second kappa shape index (κ2) is 10.3. The quantitative estimate of drug-likeness (QED) is 0.541. The van der Waals surface area contributed by atoms with Crippen LogP contribution in [0.5, 0.6) is 0 Å². The molecule has 3 nitrogen and oxygen atoms in total. The molecule has 0 heterocycles. The van der Waals surface area contributed by atoms with Crippen molar-refractivity contribution < 1.29 is 15.0 Å². The molecule has 0 amide bonds. The minimum absolute atomic E-state index is 0.418. The molecule has 1 rings (SSSR count). The van der Waals surface area contributed by atoms with Gasteiger partial charge in [-0.25, -0.2) is 0 Å². The zero-order valence-corrected chi connectivity index (χ0v) is 15.3. The third kappa shape index (κ3) is 5.20. The zero-order chi connectivity index (χ0) is 18.0. The molecule has 0 aromatic heterocycles. The van der Waals surface area contributed by atoms with Crippen LogP contribution in [0, 0.1) is 5.41 Å². The lowest BCUT2D eigenvalue weighted by Crippen LogP contribution is -2.42. The minimum atomic E-state index is -1.11. The van der Waals surface area contributed by atoms with Gasteiger partial charge in [0.05, 0.1) is 11.5 Å². The smallest absolute Gasteiger partial charge is 0.312 e. The number of aliphatic hydroxyl groups is 1. The number of aliphatic hydroxyl groups excluding tert-OH is 1. The van der Waals surface area contributed by atoms with Gasteiger partial charge in [0.25, 0.3) is 0 Å². The highest BCUT2D eigenvalue weighted by molar-refractivity contribution is 5.76. The maximum Gasteiger partial charge on any atom is 0.312 e. The Morgan fingerprint density at radius 3 is 2.21 bits per heavy atom. The minimum Gasteiger partial charge on any atom is -0.481 e. The highest BCUT2D eigenvalue weighted by Gasteiger charge is 2.43. The lowest BCUT2D eigenvalue weighted by Gasteiger charge is -2.34. The van der Waals surface area contributed by atoms with E-state index in [4.69, 9.17) is 0 Å². The van der Waals surface area contributed by atoms with Gasteiger partial charge in [-0.2, -0.15) is 0 Å². The Bertz CT molecular complexity index is 515. The molecule has 24 heavy (non-hydrogen) atoms. The van der Waals surface area contributed by atoms with Crippen LogP contribution in [0.15, 0.2) is 35.9 Å². The second-order valence-corrected chi connectivity index (χ2v) is 6.51. The van der Waals surface area contributed by atoms with Crippen LogP contribution in [0.4, 0.5) is 0 Å². The number of unbranched alkanes of at least 4 members (excludes halogenated alkanes) is 3. The van der Waals surface area contributed by atoms with Gasteiger partial charge in [-0.1, -0.05) is 76.4 Å². The summed E-state index contributed by atoms with van der Waals surface area (Å²) in [5.74, 6) is -0.910. The summed E-state index contributed by atoms with van der Waals surface area (Å²) in [6, 6.07) is 9.83. The van der Waals surface area contributed by atoms with Crippen LogP contribution >= 0.6 is 0 Å². The largest absolute Gasteiger partial charge is 0.481 e. The number of hydrogen-bond acceptors (Lipinski definition) is 2. The van der Waals surface area contributed by atoms with E-state index in [-0.39, 0.29) is 0 Å². The molecule has 0 saturated carbocycles. The third-order valence-electron chi connectivity index (χ3n) is 5.03. The summed E-state index contributed by atoms with van der Waals surface area (Å²) in [7, 11) is 0. The van der Waals surface area contributed by atoms with Crippen molar-refractivity contribution in [2.75, 3.05) is 0 Å². The zero-order valence-electron chi connectivity index (χ0n) is 15.3. The van der Waals surface area contributed by atoms with Crippen molar-refractivity contribution >= 4 is 12.0 Å². The molecule has 3 heteroatoms. The molecule has 0 aliphatic heterocycles. The lowest BCUT2D eigenvalue weighted by atomic mass is 9.73. The number of carboxylic acids is 1. The Labute approximate surface area is 146 Å². The van der Waals surface area contributed by atoms with Crippen molar-refractivity contribution in [3.63, 3.8) is 0 Å². The van der Waals surface area contributed by atoms with E-state index in [1.54, 1.807) is 0 Å². The standard InChI is InChI=1S/C21H32O3/c1-4-7-8-12-15-18(16-17-13-10-9-11-14-17)19(22)21(5-2,6-3)20(23)24/h9-11,13-14,16,19,22H,4-8,12,15H2,1-3H3,(H,23,24)/b18-16+. The van der Waals surface area contributed by atoms with Gasteiger partial charge in [-0.3, -0.25) is 4.79 Å². The predicted octanol–water partition coefficient (Wildman–Crippen LogP) is 5.29. The first kappa shape index (κ1) is 20.4. The first-order valence-corrected chi connectivity index (χ1v) is 9.18. The van der Waals surface area contributed by atoms with Crippen molar-refractivity contribution in [2.45, 2.75) is 71.8 Å². The van der Waals surface area contributed by atoms with Gasteiger partial charge in [0.2, 0.25) is 0 Å². The van der Waals surface area contributed by atoms with Crippen molar-refractivity contribution in [2.24, 2.45) is 5.41 Å². The topological polar surface area (TPSA) is 57.5 Å². The Morgan fingerprint density at radius 2 is 1.71 bits per heavy atom. The second-order valence-electron chi connectivity index (χ2n) is 6.51. The van der Waals surface area contributed by atoms with Crippen LogP contribution in [-0.2, 0) is 4.79 Å². The van der Waals surface area contributed by atoms with Crippen LogP contribution in [0.3, 0.4) is 0 Å². The Morgan fingerprint density at radius 1 is 1.08 bits per heavy atom. The molecule has 0 saturated heterocycles. The molecule has 1 aromatic carbocycles. The fourth-order valence-electron chi connectivity index (χ4n) is 3.22. The molecule has 0 aliphatic rings. The van der Waals surface area contributed by atoms with Gasteiger partial charge in [0, 0.05) is 0 Å². The van der Waals surface area contributed by atoms with Crippen LogP contribution in [0.1, 0.15) is 71.3 Å². The van der Waals surface area contributed by atoms with Gasteiger partial charge < -0.3 is 10.2 Å². The fraction of sp³-hybridized carbons (Fsp3) is 0.571. The number of benzene rings is 1. The maximum absolute atomic E-state index is 11.9. The van der Waals surface area contributed by atoms with E-state index in [2.05, 4.69) is 6.92 Å². The van der Waals surface area contributed by atoms with Crippen LogP contribution in [-0.4, -0.2) is 22.3 Å². The molecular weight excluding hydrogens is 300 g/mol. The lowest BCUT2D eigenvalue weighted by molar-refractivity contribution is -0.155. The summed E-state index contributed by atoms with van der Waals surface area (Å²) in [6.07, 6.45) is 7.00. The molecule has 1 unspecified atom stereocenters. The molecule has 2 N–H and O–H groups in total. The van der Waals surface area contributed by atoms with Gasteiger partial charge in [0.15, 0.2) is 0 Å². The number of rotatable bonds is 11. The van der Waals surface area contributed by atoms with Gasteiger partial charge in [-0.15, -0.1) is 0 Å². The molecule has 134 valence electrons. The third-order valence-corrected chi connectivity index (χ3v) is 5.03. The Hall–Kier alpha value is -1.61. The van der Waals surface area contributed by atoms with Crippen molar-refractivity contribution in [3.05, 3.63) is 41.5 Å². The number of carbonyl (C=O) groups is 1. The SMILES string of the molecule is CCCCCC/C(=C\c1ccccc1)C(O)C(CC)(CC)C(=O)O. The maximum atomic E-state index is 11.9. The van der Waals surface area contributed by atoms with Crippen molar-refractivity contribution in [1.82, 2.24) is 0 Å². The summed E-state index contributed by atoms with van der Waals surface area (Å²) in [4.78, 5) is 11.9. The fourth-order valence-corrected chi connectivity index (χ4v) is 3.22. The summed E-state index contributed by atoms with van der Waals surface area (Å²) < 4.78 is 0. The Kier molecular flexibility index (Phi) is 8.77. The van der Waals surface area contributed by atoms with E-state index in [1.807, 2.05) is 50.3 Å². The van der Waals surface area contributed by atoms with Crippen molar-refractivity contribution in [3.8, 4) is 0 Å². The van der Waals surface area contributed by atoms with Crippen molar-refractivity contribution in [1.29, 1.82) is 0 Å². The Balaban J connectivity index is 3.10. The highest BCUT2D eigenvalue weighted by atomic mass is 16.4. The number of aliphatic carboxylic acids is 1. The summed E-state index contributed by atoms with van der Waals surface area (Å²) in [6.45, 7) is 5.86. The van der Waals surface area contributed by atoms with Gasteiger partial charge in [0.1, 0.15) is 0 Å². The van der Waals surface area contributed by atoms with E-state index in [0.717, 1.165) is 36.8 Å². The highest BCUT2D eigenvalue weighted by Crippen LogP contribution is 2.37. The van der Waals surface area contributed by atoms with E-state index in [1.165, 1.54) is 6.42 Å². The molecule has 1 aromatic rings. The van der Waals surface area contributed by atoms with Crippen LogP contribution in [0.2, 0.25) is 0 Å². The number of carboxylic acid groups (broad SMARTS) is 1. The average molecular weight is 332 g/mol. The van der Waals surface area contributed by atoms with Gasteiger partial charge in [-0.05, 0) is 36.8 Å². The molecular formula is C21H32O3. The molecule has 0 radical (unpaired) electrons.